The van der Waals surface area contributed by atoms with Crippen LogP contribution in [0.5, 0.6) is 5.75 Å². The number of fused-ring (bicyclic) bond motifs is 1. The first-order valence-electron chi connectivity index (χ1n) is 12.1. The van der Waals surface area contributed by atoms with E-state index in [0.29, 0.717) is 26.1 Å². The number of nitrogens with one attached hydrogen (secondary N) is 3. The summed E-state index contributed by atoms with van der Waals surface area (Å²) in [6.07, 6.45) is 3.94. The Balaban J connectivity index is 1.22. The van der Waals surface area contributed by atoms with Gasteiger partial charge in [0, 0.05) is 25.2 Å². The molecule has 176 valence electrons. The van der Waals surface area contributed by atoms with E-state index in [1.54, 1.807) is 0 Å². The van der Waals surface area contributed by atoms with Crippen molar-refractivity contribution in [3.63, 3.8) is 0 Å². The van der Waals surface area contributed by atoms with E-state index < -0.39 is 0 Å². The molecule has 0 bridgehead atoms. The first-order valence-corrected chi connectivity index (χ1v) is 12.1. The second kappa shape index (κ2) is 11.7. The summed E-state index contributed by atoms with van der Waals surface area (Å²) in [5.74, 6) is 1.69. The zero-order valence-corrected chi connectivity index (χ0v) is 19.5. The number of nitrogens with zero attached hydrogens (tertiary/aromatic N) is 2. The molecule has 2 aliphatic rings. The largest absolute Gasteiger partial charge is 0.492 e. The van der Waals surface area contributed by atoms with E-state index in [0.717, 1.165) is 42.5 Å². The van der Waals surface area contributed by atoms with Crippen molar-refractivity contribution in [1.82, 2.24) is 15.5 Å². The Bertz CT molecular complexity index is 952. The summed E-state index contributed by atoms with van der Waals surface area (Å²) in [7, 11) is 0. The second-order valence-electron chi connectivity index (χ2n) is 8.64. The molecule has 0 atom stereocenters. The standard InChI is InChI=1S/C26H35N5O2/c1-2-27-26(29-18-20-5-7-21(8-6-20)19-31-14-3-4-15-31)28-13-16-33-23-10-11-24-22(17-23)9-12-25(32)30-24/h5-8,10-11,17H,2-4,9,12-16,18-19H2,1H3,(H,30,32)(H2,27,28,29). The van der Waals surface area contributed by atoms with Crippen LogP contribution in [0.1, 0.15) is 42.9 Å². The number of likely N-dealkylation sites (tertiary alicyclic amines) is 1. The third-order valence-electron chi connectivity index (χ3n) is 6.03. The maximum atomic E-state index is 11.5. The number of hydrogen-bond donors (Lipinski definition) is 3. The molecule has 2 aromatic rings. The monoisotopic (exact) mass is 449 g/mol. The zero-order valence-electron chi connectivity index (χ0n) is 19.5. The lowest BCUT2D eigenvalue weighted by Crippen LogP contribution is -2.39. The van der Waals surface area contributed by atoms with Crippen molar-refractivity contribution in [2.75, 3.05) is 38.1 Å². The van der Waals surface area contributed by atoms with Crippen molar-refractivity contribution in [1.29, 1.82) is 0 Å². The number of ether oxygens (including phenoxy) is 1. The number of aliphatic imine (C=N–C) groups is 1. The molecule has 0 aromatic heterocycles. The first-order chi connectivity index (χ1) is 16.2. The molecule has 2 heterocycles. The number of benzene rings is 2. The van der Waals surface area contributed by atoms with Gasteiger partial charge in [0.2, 0.25) is 5.91 Å². The van der Waals surface area contributed by atoms with Gasteiger partial charge in [0.1, 0.15) is 12.4 Å². The van der Waals surface area contributed by atoms with E-state index in [1.165, 1.54) is 37.1 Å². The molecule has 3 N–H and O–H groups in total. The maximum absolute atomic E-state index is 11.5. The fourth-order valence-corrected chi connectivity index (χ4v) is 4.25. The Labute approximate surface area is 196 Å². The van der Waals surface area contributed by atoms with E-state index in [4.69, 9.17) is 9.73 Å². The summed E-state index contributed by atoms with van der Waals surface area (Å²) >= 11 is 0. The lowest BCUT2D eigenvalue weighted by Gasteiger charge is -2.18. The smallest absolute Gasteiger partial charge is 0.224 e. The van der Waals surface area contributed by atoms with Gasteiger partial charge in [-0.05, 0) is 74.2 Å². The van der Waals surface area contributed by atoms with Gasteiger partial charge in [-0.2, -0.15) is 0 Å². The van der Waals surface area contributed by atoms with Crippen molar-refractivity contribution in [3.05, 3.63) is 59.2 Å². The first kappa shape index (κ1) is 23.1. The van der Waals surface area contributed by atoms with Crippen LogP contribution in [0.4, 0.5) is 5.69 Å². The summed E-state index contributed by atoms with van der Waals surface area (Å²) in [5, 5.41) is 9.53. The van der Waals surface area contributed by atoms with Gasteiger partial charge in [-0.15, -0.1) is 0 Å². The van der Waals surface area contributed by atoms with Crippen LogP contribution in [-0.4, -0.2) is 49.6 Å². The molecule has 7 heteroatoms. The van der Waals surface area contributed by atoms with E-state index in [-0.39, 0.29) is 5.91 Å². The fraction of sp³-hybridized carbons (Fsp3) is 0.462. The highest BCUT2D eigenvalue weighted by atomic mass is 16.5. The maximum Gasteiger partial charge on any atom is 0.224 e. The molecule has 1 saturated heterocycles. The summed E-state index contributed by atoms with van der Waals surface area (Å²) in [6.45, 7) is 8.17. The van der Waals surface area contributed by atoms with Crippen LogP contribution in [0.25, 0.3) is 0 Å². The molecule has 0 saturated carbocycles. The molecule has 0 spiro atoms. The molecular formula is C26H35N5O2. The van der Waals surface area contributed by atoms with Crippen LogP contribution in [-0.2, 0) is 24.3 Å². The van der Waals surface area contributed by atoms with Gasteiger partial charge in [-0.3, -0.25) is 9.69 Å². The van der Waals surface area contributed by atoms with E-state index in [2.05, 4.69) is 52.0 Å². The third-order valence-corrected chi connectivity index (χ3v) is 6.03. The topological polar surface area (TPSA) is 78.0 Å². The van der Waals surface area contributed by atoms with Gasteiger partial charge < -0.3 is 20.7 Å². The lowest BCUT2D eigenvalue weighted by atomic mass is 10.0. The Kier molecular flexibility index (Phi) is 8.19. The van der Waals surface area contributed by atoms with E-state index >= 15 is 0 Å². The van der Waals surface area contributed by atoms with Crippen molar-refractivity contribution in [3.8, 4) is 5.75 Å². The molecular weight excluding hydrogens is 414 g/mol. The molecule has 0 aliphatic carbocycles. The predicted octanol–water partition coefficient (Wildman–Crippen LogP) is 3.30. The molecule has 0 radical (unpaired) electrons. The van der Waals surface area contributed by atoms with Gasteiger partial charge in [0.25, 0.3) is 0 Å². The average molecular weight is 450 g/mol. The molecule has 1 fully saturated rings. The van der Waals surface area contributed by atoms with Gasteiger partial charge in [-0.1, -0.05) is 24.3 Å². The minimum atomic E-state index is 0.0774. The van der Waals surface area contributed by atoms with Crippen molar-refractivity contribution in [2.45, 2.75) is 45.7 Å². The summed E-state index contributed by atoms with van der Waals surface area (Å²) in [5.41, 5.74) is 4.59. The van der Waals surface area contributed by atoms with Crippen LogP contribution in [0.15, 0.2) is 47.5 Å². The number of rotatable bonds is 9. The third kappa shape index (κ3) is 6.96. The van der Waals surface area contributed by atoms with Crippen LogP contribution < -0.4 is 20.7 Å². The SMILES string of the molecule is CCNC(=NCc1ccc(CN2CCCC2)cc1)NCCOc1ccc2c(c1)CCC(=O)N2. The van der Waals surface area contributed by atoms with E-state index in [1.807, 2.05) is 18.2 Å². The van der Waals surface area contributed by atoms with Gasteiger partial charge in [0.05, 0.1) is 13.1 Å². The van der Waals surface area contributed by atoms with Crippen molar-refractivity contribution >= 4 is 17.6 Å². The highest BCUT2D eigenvalue weighted by Crippen LogP contribution is 2.26. The molecule has 2 aliphatic heterocycles. The number of amides is 1. The number of anilines is 1. The number of hydrogen-bond acceptors (Lipinski definition) is 4. The second-order valence-corrected chi connectivity index (χ2v) is 8.64. The van der Waals surface area contributed by atoms with Crippen LogP contribution in [0.2, 0.25) is 0 Å². The number of guanidine groups is 1. The summed E-state index contributed by atoms with van der Waals surface area (Å²) in [6, 6.07) is 14.6. The van der Waals surface area contributed by atoms with Gasteiger partial charge >= 0.3 is 0 Å². The Morgan fingerprint density at radius 1 is 1.06 bits per heavy atom. The molecule has 33 heavy (non-hydrogen) atoms. The van der Waals surface area contributed by atoms with Crippen LogP contribution in [0.3, 0.4) is 0 Å². The fourth-order valence-electron chi connectivity index (χ4n) is 4.25. The number of carbonyl (C=O) groups excluding carboxylic acids is 1. The summed E-state index contributed by atoms with van der Waals surface area (Å²) in [4.78, 5) is 18.7. The molecule has 0 unspecified atom stereocenters. The van der Waals surface area contributed by atoms with Gasteiger partial charge in [-0.25, -0.2) is 4.99 Å². The minimum Gasteiger partial charge on any atom is -0.492 e. The highest BCUT2D eigenvalue weighted by Gasteiger charge is 2.15. The number of aryl methyl sites for hydroxylation is 1. The Morgan fingerprint density at radius 2 is 1.85 bits per heavy atom. The van der Waals surface area contributed by atoms with Crippen molar-refractivity contribution in [2.24, 2.45) is 4.99 Å². The lowest BCUT2D eigenvalue weighted by molar-refractivity contribution is -0.116. The van der Waals surface area contributed by atoms with Gasteiger partial charge in [0.15, 0.2) is 5.96 Å². The average Bonchev–Trinajstić information content (AvgIpc) is 3.34. The molecule has 4 rings (SSSR count). The normalized spacial score (nSPS) is 16.3. The van der Waals surface area contributed by atoms with E-state index in [9.17, 15) is 4.79 Å². The van der Waals surface area contributed by atoms with Crippen LogP contribution in [0, 0.1) is 0 Å². The highest BCUT2D eigenvalue weighted by molar-refractivity contribution is 5.94. The van der Waals surface area contributed by atoms with Crippen LogP contribution >= 0.6 is 0 Å². The Hall–Kier alpha value is -3.06. The number of carbonyl (C=O) groups is 1. The molecule has 7 nitrogen and oxygen atoms in total. The zero-order chi connectivity index (χ0) is 22.9. The van der Waals surface area contributed by atoms with Crippen molar-refractivity contribution < 1.29 is 9.53 Å². The molecule has 2 aromatic carbocycles. The summed E-state index contributed by atoms with van der Waals surface area (Å²) < 4.78 is 5.90. The Morgan fingerprint density at radius 3 is 2.64 bits per heavy atom. The molecule has 1 amide bonds. The quantitative estimate of drug-likeness (QED) is 0.311. The minimum absolute atomic E-state index is 0.0774. The predicted molar refractivity (Wildman–Crippen MR) is 133 cm³/mol.